The van der Waals surface area contributed by atoms with Crippen LogP contribution >= 0.6 is 11.8 Å². The third kappa shape index (κ3) is 4.79. The number of nitrogens with one attached hydrogen (secondary N) is 2. The Hall–Kier alpha value is -2.38. The highest BCUT2D eigenvalue weighted by molar-refractivity contribution is 7.99. The molecule has 0 unspecified atom stereocenters. The Morgan fingerprint density at radius 2 is 2.03 bits per heavy atom. The Morgan fingerprint density at radius 3 is 2.76 bits per heavy atom. The number of benzene rings is 2. The van der Waals surface area contributed by atoms with Crippen LogP contribution in [0.25, 0.3) is 11.0 Å². The average Bonchev–Trinajstić information content (AvgIpc) is 3.26. The fourth-order valence-electron chi connectivity index (χ4n) is 3.74. The Morgan fingerprint density at radius 1 is 1.28 bits per heavy atom. The van der Waals surface area contributed by atoms with Crippen molar-refractivity contribution in [3.63, 3.8) is 0 Å². The van der Waals surface area contributed by atoms with Crippen LogP contribution in [-0.4, -0.2) is 44.7 Å². The van der Waals surface area contributed by atoms with E-state index in [0.717, 1.165) is 34.7 Å². The normalized spacial score (nSPS) is 19.9. The van der Waals surface area contributed by atoms with Gasteiger partial charge < -0.3 is 10.3 Å². The van der Waals surface area contributed by atoms with E-state index in [9.17, 15) is 9.18 Å². The van der Waals surface area contributed by atoms with Crippen molar-refractivity contribution in [3.05, 3.63) is 59.9 Å². The van der Waals surface area contributed by atoms with Crippen LogP contribution in [0.1, 0.15) is 25.8 Å². The second-order valence-corrected chi connectivity index (χ2v) is 9.06. The third-order valence-electron chi connectivity index (χ3n) is 5.04. The van der Waals surface area contributed by atoms with Gasteiger partial charge in [0.05, 0.1) is 17.1 Å². The number of fused-ring (bicyclic) bond motifs is 1. The van der Waals surface area contributed by atoms with Crippen molar-refractivity contribution in [2.45, 2.75) is 49.3 Å². The maximum absolute atomic E-state index is 13.2. The van der Waals surface area contributed by atoms with Crippen molar-refractivity contribution in [2.24, 2.45) is 0 Å². The second-order valence-electron chi connectivity index (χ2n) is 7.77. The Bertz CT molecular complexity index is 955. The molecule has 4 rings (SSSR count). The molecule has 1 aliphatic rings. The predicted octanol–water partition coefficient (Wildman–Crippen LogP) is 3.96. The Labute approximate surface area is 174 Å². The lowest BCUT2D eigenvalue weighted by Crippen LogP contribution is -2.45. The summed E-state index contributed by atoms with van der Waals surface area (Å²) in [6.45, 7) is 5.33. The van der Waals surface area contributed by atoms with Gasteiger partial charge in [0.15, 0.2) is 5.16 Å². The lowest BCUT2D eigenvalue weighted by molar-refractivity contribution is -0.126. The van der Waals surface area contributed by atoms with Crippen LogP contribution in [0.2, 0.25) is 0 Å². The highest BCUT2D eigenvalue weighted by Crippen LogP contribution is 2.33. The van der Waals surface area contributed by atoms with Crippen molar-refractivity contribution < 1.29 is 9.18 Å². The first kappa shape index (κ1) is 19.9. The lowest BCUT2D eigenvalue weighted by Gasteiger charge is -2.24. The topological polar surface area (TPSA) is 61.0 Å². The van der Waals surface area contributed by atoms with E-state index in [1.54, 1.807) is 23.9 Å². The maximum atomic E-state index is 13.2. The number of rotatable bonds is 6. The van der Waals surface area contributed by atoms with Gasteiger partial charge in [-0.15, -0.1) is 0 Å². The van der Waals surface area contributed by atoms with Crippen molar-refractivity contribution >= 4 is 28.7 Å². The van der Waals surface area contributed by atoms with E-state index in [-0.39, 0.29) is 29.1 Å². The van der Waals surface area contributed by atoms with E-state index < -0.39 is 0 Å². The van der Waals surface area contributed by atoms with Crippen molar-refractivity contribution in [1.29, 1.82) is 0 Å². The number of halogens is 1. The van der Waals surface area contributed by atoms with Crippen LogP contribution in [0.3, 0.4) is 0 Å². The quantitative estimate of drug-likeness (QED) is 0.643. The molecule has 7 heteroatoms. The molecule has 29 heavy (non-hydrogen) atoms. The smallest absolute Gasteiger partial charge is 0.237 e. The molecule has 1 aromatic heterocycles. The van der Waals surface area contributed by atoms with Crippen LogP contribution in [0.15, 0.2) is 53.7 Å². The van der Waals surface area contributed by atoms with E-state index in [1.165, 1.54) is 12.1 Å². The number of carbonyl (C=O) groups excluding carboxylic acids is 1. The first-order valence-corrected chi connectivity index (χ1v) is 10.8. The molecule has 2 heterocycles. The first-order valence-electron chi connectivity index (χ1n) is 9.88. The molecule has 5 nitrogen and oxygen atoms in total. The molecule has 0 aliphatic carbocycles. The Balaban J connectivity index is 1.50. The molecule has 2 aromatic carbocycles. The molecule has 0 radical (unpaired) electrons. The van der Waals surface area contributed by atoms with Gasteiger partial charge in [-0.3, -0.25) is 9.69 Å². The SMILES string of the molecule is CC(C)NC(=O)[C@@H]1C[C@H](Sc2nc3ccccc3[nH]2)CN1Cc1ccc(F)cc1. The van der Waals surface area contributed by atoms with E-state index in [0.29, 0.717) is 6.54 Å². The molecular formula is C22H25FN4OS. The summed E-state index contributed by atoms with van der Waals surface area (Å²) in [4.78, 5) is 23.0. The predicted molar refractivity (Wildman–Crippen MR) is 114 cm³/mol. The van der Waals surface area contributed by atoms with Crippen molar-refractivity contribution in [1.82, 2.24) is 20.2 Å². The van der Waals surface area contributed by atoms with Crippen LogP contribution in [-0.2, 0) is 11.3 Å². The summed E-state index contributed by atoms with van der Waals surface area (Å²) in [7, 11) is 0. The summed E-state index contributed by atoms with van der Waals surface area (Å²) >= 11 is 1.69. The second kappa shape index (κ2) is 8.55. The molecule has 2 N–H and O–H groups in total. The van der Waals surface area contributed by atoms with Crippen LogP contribution in [0.5, 0.6) is 0 Å². The maximum Gasteiger partial charge on any atom is 0.237 e. The van der Waals surface area contributed by atoms with Gasteiger partial charge in [0, 0.05) is 24.4 Å². The fourth-order valence-corrected chi connectivity index (χ4v) is 4.92. The monoisotopic (exact) mass is 412 g/mol. The summed E-state index contributed by atoms with van der Waals surface area (Å²) in [6.07, 6.45) is 0.751. The van der Waals surface area contributed by atoms with Gasteiger partial charge >= 0.3 is 0 Å². The molecule has 3 aromatic rings. The number of thioether (sulfide) groups is 1. The minimum absolute atomic E-state index is 0.0508. The van der Waals surface area contributed by atoms with Gasteiger partial charge in [-0.2, -0.15) is 0 Å². The molecule has 1 aliphatic heterocycles. The summed E-state index contributed by atoms with van der Waals surface area (Å²) in [6, 6.07) is 14.4. The highest BCUT2D eigenvalue weighted by Gasteiger charge is 2.37. The molecule has 0 spiro atoms. The van der Waals surface area contributed by atoms with Gasteiger partial charge in [-0.05, 0) is 50.1 Å². The number of nitrogens with zero attached hydrogens (tertiary/aromatic N) is 2. The largest absolute Gasteiger partial charge is 0.353 e. The number of imidazole rings is 1. The summed E-state index contributed by atoms with van der Waals surface area (Å²) in [5, 5.41) is 4.17. The molecule has 0 saturated carbocycles. The molecule has 1 amide bonds. The zero-order valence-electron chi connectivity index (χ0n) is 16.6. The number of H-pyrrole nitrogens is 1. The molecular weight excluding hydrogens is 387 g/mol. The lowest BCUT2D eigenvalue weighted by atomic mass is 10.1. The molecule has 0 bridgehead atoms. The molecule has 152 valence electrons. The third-order valence-corrected chi connectivity index (χ3v) is 6.13. The number of para-hydroxylation sites is 2. The number of hydrogen-bond acceptors (Lipinski definition) is 4. The van der Waals surface area contributed by atoms with E-state index in [2.05, 4.69) is 20.2 Å². The van der Waals surface area contributed by atoms with Gasteiger partial charge in [0.1, 0.15) is 5.82 Å². The number of carbonyl (C=O) groups is 1. The van der Waals surface area contributed by atoms with Crippen LogP contribution < -0.4 is 5.32 Å². The number of aromatic nitrogens is 2. The van der Waals surface area contributed by atoms with E-state index in [4.69, 9.17) is 0 Å². The van der Waals surface area contributed by atoms with Crippen LogP contribution in [0.4, 0.5) is 4.39 Å². The molecule has 1 saturated heterocycles. The summed E-state index contributed by atoms with van der Waals surface area (Å²) < 4.78 is 13.2. The average molecular weight is 413 g/mol. The van der Waals surface area contributed by atoms with Crippen molar-refractivity contribution in [2.75, 3.05) is 6.54 Å². The number of hydrogen-bond donors (Lipinski definition) is 2. The molecule has 2 atom stereocenters. The number of likely N-dealkylation sites (tertiary alicyclic amines) is 1. The Kier molecular flexibility index (Phi) is 5.87. The summed E-state index contributed by atoms with van der Waals surface area (Å²) in [5.41, 5.74) is 2.97. The molecule has 1 fully saturated rings. The van der Waals surface area contributed by atoms with Crippen LogP contribution in [0, 0.1) is 5.82 Å². The van der Waals surface area contributed by atoms with E-state index in [1.807, 2.05) is 38.1 Å². The first-order chi connectivity index (χ1) is 14.0. The number of aromatic amines is 1. The highest BCUT2D eigenvalue weighted by atomic mass is 32.2. The van der Waals surface area contributed by atoms with Gasteiger partial charge in [0.25, 0.3) is 0 Å². The minimum Gasteiger partial charge on any atom is -0.353 e. The zero-order chi connectivity index (χ0) is 20.4. The van der Waals surface area contributed by atoms with Crippen molar-refractivity contribution in [3.8, 4) is 0 Å². The fraction of sp³-hybridized carbons (Fsp3) is 0.364. The minimum atomic E-state index is -0.248. The van der Waals surface area contributed by atoms with Gasteiger partial charge in [0.2, 0.25) is 5.91 Å². The van der Waals surface area contributed by atoms with E-state index >= 15 is 0 Å². The zero-order valence-corrected chi connectivity index (χ0v) is 17.4. The summed E-state index contributed by atoms with van der Waals surface area (Å²) in [5.74, 6) is -0.197. The van der Waals surface area contributed by atoms with Gasteiger partial charge in [-0.1, -0.05) is 36.0 Å². The van der Waals surface area contributed by atoms with Gasteiger partial charge in [-0.25, -0.2) is 9.37 Å². The standard InChI is InChI=1S/C22H25FN4OS/c1-14(2)24-21(28)20-11-17(13-27(20)12-15-7-9-16(23)10-8-15)29-22-25-18-5-3-4-6-19(18)26-22/h3-10,14,17,20H,11-13H2,1-2H3,(H,24,28)(H,25,26)/t17-,20-/m0/s1. The number of amides is 1.